The summed E-state index contributed by atoms with van der Waals surface area (Å²) in [5.41, 5.74) is 4.28. The minimum absolute atomic E-state index is 0.0801. The van der Waals surface area contributed by atoms with Crippen molar-refractivity contribution in [3.05, 3.63) is 59.2 Å². The van der Waals surface area contributed by atoms with Gasteiger partial charge in [0.15, 0.2) is 5.82 Å². The number of amides is 2. The first kappa shape index (κ1) is 21.9. The third-order valence-electron chi connectivity index (χ3n) is 7.48. The molecule has 180 valence electrons. The summed E-state index contributed by atoms with van der Waals surface area (Å²) in [6, 6.07) is 10.8. The number of carbonyl (C=O) groups excluding carboxylic acids is 2. The van der Waals surface area contributed by atoms with Gasteiger partial charge in [0.2, 0.25) is 11.8 Å². The molecule has 1 unspecified atom stereocenters. The molecule has 0 spiro atoms. The van der Waals surface area contributed by atoms with Gasteiger partial charge in [-0.15, -0.1) is 10.2 Å². The number of halogens is 1. The zero-order valence-electron chi connectivity index (χ0n) is 19.6. The average molecular weight is 474 g/mol. The van der Waals surface area contributed by atoms with Gasteiger partial charge in [0.25, 0.3) is 0 Å². The van der Waals surface area contributed by atoms with Crippen LogP contribution in [0.2, 0.25) is 0 Å². The lowest BCUT2D eigenvalue weighted by Gasteiger charge is -2.18. The smallest absolute Gasteiger partial charge is 0.229 e. The minimum Gasteiger partial charge on any atom is -0.323 e. The minimum atomic E-state index is -0.539. The summed E-state index contributed by atoms with van der Waals surface area (Å²) < 4.78 is 16.8. The van der Waals surface area contributed by atoms with Crippen LogP contribution in [0.15, 0.2) is 36.4 Å². The van der Waals surface area contributed by atoms with E-state index in [1.54, 1.807) is 17.0 Å². The maximum atomic E-state index is 14.7. The Morgan fingerprint density at radius 3 is 2.77 bits per heavy atom. The van der Waals surface area contributed by atoms with Crippen molar-refractivity contribution in [2.24, 2.45) is 5.92 Å². The molecule has 0 radical (unpaired) electrons. The fourth-order valence-corrected chi connectivity index (χ4v) is 5.55. The standard InChI is InChI=1S/C27H28FN5O2/c28-22-11-9-19(26-31-30-24-7-2-1-3-12-32(24)26)14-23(22)29-27(35)20-15-25(34)33(16-20)21-10-8-17-5-4-6-18(17)13-21/h8-11,13-14,20H,1-7,12,15-16H2,(H,29,35). The number of fused-ring (bicyclic) bond motifs is 2. The van der Waals surface area contributed by atoms with Crippen LogP contribution in [0.3, 0.4) is 0 Å². The zero-order chi connectivity index (χ0) is 23.9. The highest BCUT2D eigenvalue weighted by atomic mass is 19.1. The molecule has 1 aliphatic carbocycles. The van der Waals surface area contributed by atoms with Gasteiger partial charge in [0, 0.05) is 37.2 Å². The topological polar surface area (TPSA) is 80.1 Å². The van der Waals surface area contributed by atoms with Crippen LogP contribution in [0.4, 0.5) is 15.8 Å². The number of benzene rings is 2. The lowest BCUT2D eigenvalue weighted by atomic mass is 10.1. The summed E-state index contributed by atoms with van der Waals surface area (Å²) in [4.78, 5) is 27.5. The summed E-state index contributed by atoms with van der Waals surface area (Å²) in [6.07, 6.45) is 7.54. The second-order valence-corrected chi connectivity index (χ2v) is 9.80. The van der Waals surface area contributed by atoms with Crippen LogP contribution in [-0.2, 0) is 35.4 Å². The molecule has 1 atom stereocenters. The highest BCUT2D eigenvalue weighted by molar-refractivity contribution is 6.03. The summed E-state index contributed by atoms with van der Waals surface area (Å²) in [7, 11) is 0. The van der Waals surface area contributed by atoms with E-state index in [1.165, 1.54) is 17.2 Å². The number of aryl methyl sites for hydroxylation is 3. The van der Waals surface area contributed by atoms with Crippen LogP contribution >= 0.6 is 0 Å². The Balaban J connectivity index is 1.19. The van der Waals surface area contributed by atoms with E-state index in [0.717, 1.165) is 63.0 Å². The summed E-state index contributed by atoms with van der Waals surface area (Å²) in [5.74, 6) is 0.155. The number of hydrogen-bond donors (Lipinski definition) is 1. The van der Waals surface area contributed by atoms with Crippen LogP contribution in [0.25, 0.3) is 11.4 Å². The molecular weight excluding hydrogens is 445 g/mol. The number of hydrogen-bond acceptors (Lipinski definition) is 4. The lowest BCUT2D eigenvalue weighted by Crippen LogP contribution is -2.28. The average Bonchev–Trinajstić information content (AvgIpc) is 3.55. The monoisotopic (exact) mass is 473 g/mol. The normalized spacial score (nSPS) is 19.4. The van der Waals surface area contributed by atoms with Crippen molar-refractivity contribution >= 4 is 23.2 Å². The molecule has 1 saturated heterocycles. The van der Waals surface area contributed by atoms with E-state index in [1.807, 2.05) is 6.07 Å². The molecule has 0 bridgehead atoms. The second-order valence-electron chi connectivity index (χ2n) is 9.80. The van der Waals surface area contributed by atoms with Gasteiger partial charge in [-0.05, 0) is 73.6 Å². The van der Waals surface area contributed by atoms with E-state index < -0.39 is 11.7 Å². The van der Waals surface area contributed by atoms with Gasteiger partial charge >= 0.3 is 0 Å². The highest BCUT2D eigenvalue weighted by Crippen LogP contribution is 2.32. The van der Waals surface area contributed by atoms with Gasteiger partial charge < -0.3 is 14.8 Å². The number of nitrogens with one attached hydrogen (secondary N) is 1. The van der Waals surface area contributed by atoms with Gasteiger partial charge in [0.1, 0.15) is 11.6 Å². The van der Waals surface area contributed by atoms with Crippen molar-refractivity contribution < 1.29 is 14.0 Å². The summed E-state index contributed by atoms with van der Waals surface area (Å²) in [5, 5.41) is 11.4. The van der Waals surface area contributed by atoms with Crippen LogP contribution in [-0.4, -0.2) is 33.1 Å². The van der Waals surface area contributed by atoms with Crippen molar-refractivity contribution in [1.29, 1.82) is 0 Å². The highest BCUT2D eigenvalue weighted by Gasteiger charge is 2.36. The fourth-order valence-electron chi connectivity index (χ4n) is 5.55. The Morgan fingerprint density at radius 1 is 0.971 bits per heavy atom. The van der Waals surface area contributed by atoms with Crippen LogP contribution < -0.4 is 10.2 Å². The van der Waals surface area contributed by atoms with E-state index in [-0.39, 0.29) is 23.9 Å². The molecular formula is C27H28FN5O2. The summed E-state index contributed by atoms with van der Waals surface area (Å²) >= 11 is 0. The SMILES string of the molecule is O=C(Nc1cc(-c2nnc3n2CCCCC3)ccc1F)C1CC(=O)N(c2ccc3c(c2)CCC3)C1. The molecule has 8 heteroatoms. The molecule has 0 saturated carbocycles. The second kappa shape index (κ2) is 8.91. The van der Waals surface area contributed by atoms with E-state index in [2.05, 4.69) is 32.2 Å². The van der Waals surface area contributed by atoms with Gasteiger partial charge in [-0.25, -0.2) is 4.39 Å². The molecule has 3 aliphatic rings. The molecule has 1 fully saturated rings. The molecule has 3 aromatic rings. The van der Waals surface area contributed by atoms with Crippen LogP contribution in [0.5, 0.6) is 0 Å². The first-order valence-electron chi connectivity index (χ1n) is 12.5. The first-order chi connectivity index (χ1) is 17.1. The van der Waals surface area contributed by atoms with E-state index in [9.17, 15) is 14.0 Å². The number of nitrogens with zero attached hydrogens (tertiary/aromatic N) is 4. The number of aromatic nitrogens is 3. The largest absolute Gasteiger partial charge is 0.323 e. The molecule has 3 heterocycles. The van der Waals surface area contributed by atoms with E-state index in [4.69, 9.17) is 0 Å². The Labute approximate surface area is 203 Å². The number of carbonyl (C=O) groups is 2. The predicted molar refractivity (Wildman–Crippen MR) is 131 cm³/mol. The zero-order valence-corrected chi connectivity index (χ0v) is 19.6. The molecule has 7 nitrogen and oxygen atoms in total. The third kappa shape index (κ3) is 4.11. The third-order valence-corrected chi connectivity index (χ3v) is 7.48. The van der Waals surface area contributed by atoms with Crippen molar-refractivity contribution in [3.8, 4) is 11.4 Å². The Morgan fingerprint density at radius 2 is 1.86 bits per heavy atom. The van der Waals surface area contributed by atoms with Crippen LogP contribution in [0, 0.1) is 11.7 Å². The van der Waals surface area contributed by atoms with Crippen molar-refractivity contribution in [2.75, 3.05) is 16.8 Å². The Bertz CT molecular complexity index is 1320. The van der Waals surface area contributed by atoms with Crippen molar-refractivity contribution in [2.45, 2.75) is 57.9 Å². The molecule has 35 heavy (non-hydrogen) atoms. The fraction of sp³-hybridized carbons (Fsp3) is 0.407. The molecule has 1 aromatic heterocycles. The number of rotatable bonds is 4. The molecule has 2 aromatic carbocycles. The van der Waals surface area contributed by atoms with E-state index in [0.29, 0.717) is 17.9 Å². The quantitative estimate of drug-likeness (QED) is 0.613. The Kier molecular flexibility index (Phi) is 5.59. The predicted octanol–water partition coefficient (Wildman–Crippen LogP) is 4.29. The van der Waals surface area contributed by atoms with Gasteiger partial charge in [0.05, 0.1) is 11.6 Å². The first-order valence-corrected chi connectivity index (χ1v) is 12.5. The summed E-state index contributed by atoms with van der Waals surface area (Å²) in [6.45, 7) is 1.13. The van der Waals surface area contributed by atoms with Gasteiger partial charge in [-0.3, -0.25) is 9.59 Å². The van der Waals surface area contributed by atoms with Gasteiger partial charge in [-0.1, -0.05) is 12.5 Å². The van der Waals surface area contributed by atoms with Crippen molar-refractivity contribution in [3.63, 3.8) is 0 Å². The van der Waals surface area contributed by atoms with E-state index >= 15 is 0 Å². The molecule has 1 N–H and O–H groups in total. The molecule has 2 amide bonds. The molecule has 2 aliphatic heterocycles. The Hall–Kier alpha value is -3.55. The van der Waals surface area contributed by atoms with Crippen molar-refractivity contribution in [1.82, 2.24) is 14.8 Å². The maximum Gasteiger partial charge on any atom is 0.229 e. The van der Waals surface area contributed by atoms with Crippen LogP contribution in [0.1, 0.15) is 49.1 Å². The molecule has 6 rings (SSSR count). The lowest BCUT2D eigenvalue weighted by molar-refractivity contribution is -0.122. The maximum absolute atomic E-state index is 14.7. The van der Waals surface area contributed by atoms with Gasteiger partial charge in [-0.2, -0.15) is 0 Å². The number of anilines is 2.